The van der Waals surface area contributed by atoms with Gasteiger partial charge in [-0.3, -0.25) is 9.78 Å². The second-order valence-corrected chi connectivity index (χ2v) is 3.89. The first-order valence-corrected chi connectivity index (χ1v) is 5.49. The third-order valence-corrected chi connectivity index (χ3v) is 2.51. The Morgan fingerprint density at radius 1 is 1.37 bits per heavy atom. The maximum atomic E-state index is 11.8. The van der Waals surface area contributed by atoms with E-state index in [1.54, 1.807) is 6.07 Å². The van der Waals surface area contributed by atoms with Crippen LogP contribution in [0.2, 0.25) is 0 Å². The summed E-state index contributed by atoms with van der Waals surface area (Å²) in [4.78, 5) is 43.0. The minimum atomic E-state index is -0.778. The summed E-state index contributed by atoms with van der Waals surface area (Å²) in [7, 11) is 1.24. The van der Waals surface area contributed by atoms with Crippen LogP contribution in [0.5, 0.6) is 0 Å². The zero-order valence-electron chi connectivity index (χ0n) is 10.3. The SMILES string of the molecule is COC(=O)[C@H](C)NC(=O)c1ccc2[nH]c(=O)[nH]c2n1. The first-order valence-electron chi connectivity index (χ1n) is 5.49. The number of H-pyrrole nitrogens is 2. The number of carbonyl (C=O) groups excluding carboxylic acids is 2. The number of rotatable bonds is 3. The summed E-state index contributed by atoms with van der Waals surface area (Å²) in [5.41, 5.74) is 0.479. The predicted molar refractivity (Wildman–Crippen MR) is 65.7 cm³/mol. The molecule has 3 N–H and O–H groups in total. The molecule has 0 fully saturated rings. The van der Waals surface area contributed by atoms with Gasteiger partial charge < -0.3 is 15.0 Å². The molecule has 0 saturated carbocycles. The van der Waals surface area contributed by atoms with Gasteiger partial charge in [-0.15, -0.1) is 0 Å². The van der Waals surface area contributed by atoms with E-state index in [-0.39, 0.29) is 11.3 Å². The van der Waals surface area contributed by atoms with Crippen molar-refractivity contribution >= 4 is 23.0 Å². The van der Waals surface area contributed by atoms with Crippen molar-refractivity contribution in [3.63, 3.8) is 0 Å². The molecule has 0 spiro atoms. The molecule has 2 aromatic rings. The van der Waals surface area contributed by atoms with Crippen molar-refractivity contribution in [1.82, 2.24) is 20.3 Å². The van der Waals surface area contributed by atoms with Gasteiger partial charge in [-0.05, 0) is 19.1 Å². The molecule has 0 radical (unpaired) electrons. The summed E-state index contributed by atoms with van der Waals surface area (Å²) in [6, 6.07) is 2.23. The minimum absolute atomic E-state index is 0.0958. The molecule has 0 bridgehead atoms. The Hall–Kier alpha value is -2.64. The summed E-state index contributed by atoms with van der Waals surface area (Å²) < 4.78 is 4.50. The van der Waals surface area contributed by atoms with E-state index in [9.17, 15) is 14.4 Å². The summed E-state index contributed by atoms with van der Waals surface area (Å²) in [6.07, 6.45) is 0. The fourth-order valence-corrected chi connectivity index (χ4v) is 1.55. The smallest absolute Gasteiger partial charge is 0.328 e. The lowest BCUT2D eigenvalue weighted by molar-refractivity contribution is -0.142. The van der Waals surface area contributed by atoms with Crippen LogP contribution in [0.1, 0.15) is 17.4 Å². The number of esters is 1. The number of hydrogen-bond donors (Lipinski definition) is 3. The van der Waals surface area contributed by atoms with Crippen LogP contribution in [-0.4, -0.2) is 40.0 Å². The van der Waals surface area contributed by atoms with Gasteiger partial charge in [0.1, 0.15) is 11.7 Å². The number of hydrogen-bond acceptors (Lipinski definition) is 5. The van der Waals surface area contributed by atoms with Crippen molar-refractivity contribution in [2.45, 2.75) is 13.0 Å². The van der Waals surface area contributed by atoms with Crippen molar-refractivity contribution in [3.05, 3.63) is 28.3 Å². The Morgan fingerprint density at radius 2 is 2.11 bits per heavy atom. The fourth-order valence-electron chi connectivity index (χ4n) is 1.55. The first kappa shape index (κ1) is 12.8. The quantitative estimate of drug-likeness (QED) is 0.649. The van der Waals surface area contributed by atoms with Crippen molar-refractivity contribution in [2.24, 2.45) is 0 Å². The molecule has 2 aromatic heterocycles. The molecule has 8 heteroatoms. The lowest BCUT2D eigenvalue weighted by Gasteiger charge is -2.10. The van der Waals surface area contributed by atoms with E-state index >= 15 is 0 Å². The highest BCUT2D eigenvalue weighted by Gasteiger charge is 2.18. The second kappa shape index (κ2) is 4.92. The molecule has 8 nitrogen and oxygen atoms in total. The Bertz CT molecular complexity index is 687. The van der Waals surface area contributed by atoms with Crippen molar-refractivity contribution < 1.29 is 14.3 Å². The maximum absolute atomic E-state index is 11.8. The monoisotopic (exact) mass is 264 g/mol. The maximum Gasteiger partial charge on any atom is 0.328 e. The number of carbonyl (C=O) groups is 2. The molecular weight excluding hydrogens is 252 g/mol. The average molecular weight is 264 g/mol. The number of nitrogens with zero attached hydrogens (tertiary/aromatic N) is 1. The number of aromatic nitrogens is 3. The molecule has 2 rings (SSSR count). The van der Waals surface area contributed by atoms with Crippen molar-refractivity contribution in [1.29, 1.82) is 0 Å². The molecule has 0 saturated heterocycles. The average Bonchev–Trinajstić information content (AvgIpc) is 2.76. The molecule has 0 aliphatic heterocycles. The number of aromatic amines is 2. The fraction of sp³-hybridized carbons (Fsp3) is 0.273. The van der Waals surface area contributed by atoms with Gasteiger partial charge in [-0.25, -0.2) is 14.6 Å². The van der Waals surface area contributed by atoms with Gasteiger partial charge in [0.2, 0.25) is 0 Å². The lowest BCUT2D eigenvalue weighted by atomic mass is 10.3. The van der Waals surface area contributed by atoms with Crippen LogP contribution in [-0.2, 0) is 9.53 Å². The third-order valence-electron chi connectivity index (χ3n) is 2.51. The van der Waals surface area contributed by atoms with E-state index in [1.165, 1.54) is 20.1 Å². The molecule has 19 heavy (non-hydrogen) atoms. The second-order valence-electron chi connectivity index (χ2n) is 3.89. The summed E-state index contributed by atoms with van der Waals surface area (Å²) in [5.74, 6) is -1.08. The number of fused-ring (bicyclic) bond motifs is 1. The molecule has 0 aliphatic rings. The highest BCUT2D eigenvalue weighted by Crippen LogP contribution is 2.05. The number of amides is 1. The molecule has 0 unspecified atom stereocenters. The van der Waals surface area contributed by atoms with Crippen molar-refractivity contribution in [2.75, 3.05) is 7.11 Å². The van der Waals surface area contributed by atoms with Crippen molar-refractivity contribution in [3.8, 4) is 0 Å². The highest BCUT2D eigenvalue weighted by molar-refractivity contribution is 5.96. The van der Waals surface area contributed by atoms with Gasteiger partial charge in [0.05, 0.1) is 12.6 Å². The summed E-state index contributed by atoms with van der Waals surface area (Å²) >= 11 is 0. The molecule has 0 aliphatic carbocycles. The Morgan fingerprint density at radius 3 is 2.79 bits per heavy atom. The molecule has 100 valence electrons. The zero-order chi connectivity index (χ0) is 14.0. The lowest BCUT2D eigenvalue weighted by Crippen LogP contribution is -2.39. The topological polar surface area (TPSA) is 117 Å². The van der Waals surface area contributed by atoms with E-state index in [0.29, 0.717) is 5.52 Å². The van der Waals surface area contributed by atoms with E-state index < -0.39 is 23.6 Å². The van der Waals surface area contributed by atoms with Gasteiger partial charge in [0, 0.05) is 0 Å². The van der Waals surface area contributed by atoms with Crippen LogP contribution in [0.3, 0.4) is 0 Å². The van der Waals surface area contributed by atoms with Gasteiger partial charge >= 0.3 is 11.7 Å². The molecule has 1 amide bonds. The Kier molecular flexibility index (Phi) is 3.32. The van der Waals surface area contributed by atoms with Crippen LogP contribution in [0.4, 0.5) is 0 Å². The first-order chi connectivity index (χ1) is 9.01. The number of pyridine rings is 1. The molecule has 0 aromatic carbocycles. The van der Waals surface area contributed by atoms with Gasteiger partial charge in [-0.2, -0.15) is 0 Å². The van der Waals surface area contributed by atoms with Crippen LogP contribution in [0, 0.1) is 0 Å². The normalized spacial score (nSPS) is 12.1. The van der Waals surface area contributed by atoms with Gasteiger partial charge in [0.25, 0.3) is 5.91 Å². The highest BCUT2D eigenvalue weighted by atomic mass is 16.5. The van der Waals surface area contributed by atoms with E-state index in [4.69, 9.17) is 0 Å². The third kappa shape index (κ3) is 2.62. The Balaban J connectivity index is 2.21. The molecule has 2 heterocycles. The number of ether oxygens (including phenoxy) is 1. The Labute approximate surface area is 107 Å². The number of methoxy groups -OCH3 is 1. The minimum Gasteiger partial charge on any atom is -0.467 e. The van der Waals surface area contributed by atoms with Crippen LogP contribution >= 0.6 is 0 Å². The largest absolute Gasteiger partial charge is 0.467 e. The van der Waals surface area contributed by atoms with E-state index in [0.717, 1.165) is 0 Å². The number of imidazole rings is 1. The molecular formula is C11H12N4O4. The van der Waals surface area contributed by atoms with Crippen LogP contribution in [0.25, 0.3) is 11.2 Å². The summed E-state index contributed by atoms with van der Waals surface area (Å²) in [5, 5.41) is 2.44. The van der Waals surface area contributed by atoms with Gasteiger partial charge in [-0.1, -0.05) is 0 Å². The van der Waals surface area contributed by atoms with Crippen LogP contribution in [0.15, 0.2) is 16.9 Å². The zero-order valence-corrected chi connectivity index (χ0v) is 10.3. The standard InChI is InChI=1S/C11H12N4O4/c1-5(10(17)19-2)12-9(16)7-4-3-6-8(13-7)15-11(18)14-6/h3-5H,1-2H3,(H,12,16)(H2,13,14,15,18)/t5-/m0/s1. The predicted octanol–water partition coefficient (Wildman–Crippen LogP) is -0.458. The summed E-state index contributed by atoms with van der Waals surface area (Å²) in [6.45, 7) is 1.50. The van der Waals surface area contributed by atoms with Gasteiger partial charge in [0.15, 0.2) is 5.65 Å². The van der Waals surface area contributed by atoms with E-state index in [2.05, 4.69) is 25.0 Å². The van der Waals surface area contributed by atoms with Crippen LogP contribution < -0.4 is 11.0 Å². The number of nitrogens with one attached hydrogen (secondary N) is 3. The molecule has 1 atom stereocenters. The van der Waals surface area contributed by atoms with E-state index in [1.807, 2.05) is 0 Å².